The van der Waals surface area contributed by atoms with E-state index in [2.05, 4.69) is 5.10 Å². The Hall–Kier alpha value is -1.95. The summed E-state index contributed by atoms with van der Waals surface area (Å²) in [5.74, 6) is -1.30. The number of halogens is 4. The molecule has 0 aliphatic carbocycles. The number of hydrogen-bond acceptors (Lipinski definition) is 3. The van der Waals surface area contributed by atoms with E-state index in [1.54, 1.807) is 28.5 Å². The zero-order valence-corrected chi connectivity index (χ0v) is 15.6. The largest absolute Gasteiger partial charge is 0.254 e. The molecule has 1 atom stereocenters. The van der Waals surface area contributed by atoms with Crippen LogP contribution in [0.25, 0.3) is 0 Å². The summed E-state index contributed by atoms with van der Waals surface area (Å²) in [6, 6.07) is 12.3. The van der Waals surface area contributed by atoms with Gasteiger partial charge >= 0.3 is 0 Å². The summed E-state index contributed by atoms with van der Waals surface area (Å²) in [5.41, 5.74) is 1.82. The molecule has 0 bridgehead atoms. The van der Waals surface area contributed by atoms with Gasteiger partial charge in [-0.2, -0.15) is 5.10 Å². The topological polar surface area (TPSA) is 15.6 Å². The SMILES string of the molecule is Fc1ccc(N2N=C(c3cccs3)C[C@@H]2c2ccc(Cl)cc2Cl)c(F)c1. The van der Waals surface area contributed by atoms with Crippen LogP contribution in [-0.2, 0) is 0 Å². The number of benzene rings is 2. The summed E-state index contributed by atoms with van der Waals surface area (Å²) in [6.07, 6.45) is 0.554. The molecule has 4 rings (SSSR count). The van der Waals surface area contributed by atoms with Crippen LogP contribution in [0, 0.1) is 11.6 Å². The van der Waals surface area contributed by atoms with Crippen molar-refractivity contribution in [1.82, 2.24) is 0 Å². The Morgan fingerprint density at radius 1 is 1.08 bits per heavy atom. The maximum Gasteiger partial charge on any atom is 0.151 e. The third kappa shape index (κ3) is 3.22. The molecule has 26 heavy (non-hydrogen) atoms. The Bertz CT molecular complexity index is 989. The predicted molar refractivity (Wildman–Crippen MR) is 104 cm³/mol. The van der Waals surface area contributed by atoms with Gasteiger partial charge in [0.05, 0.1) is 22.3 Å². The molecule has 1 aliphatic rings. The van der Waals surface area contributed by atoms with Crippen molar-refractivity contribution in [1.29, 1.82) is 0 Å². The standard InChI is InChI=1S/C19H12Cl2F2N2S/c20-11-3-5-13(14(21)8-11)18-10-16(19-2-1-7-26-19)24-25(18)17-6-4-12(22)9-15(17)23/h1-9,18H,10H2/t18-/m1/s1. The van der Waals surface area contributed by atoms with Crippen LogP contribution in [0.5, 0.6) is 0 Å². The highest BCUT2D eigenvalue weighted by atomic mass is 35.5. The lowest BCUT2D eigenvalue weighted by Crippen LogP contribution is -2.20. The molecule has 0 N–H and O–H groups in total. The summed E-state index contributed by atoms with van der Waals surface area (Å²) in [5, 5.41) is 9.16. The molecule has 0 saturated heterocycles. The molecule has 1 aromatic heterocycles. The number of hydrazone groups is 1. The van der Waals surface area contributed by atoms with Crippen molar-refractivity contribution in [2.24, 2.45) is 5.10 Å². The van der Waals surface area contributed by atoms with Gasteiger partial charge in [0.15, 0.2) is 5.82 Å². The van der Waals surface area contributed by atoms with Gasteiger partial charge in [-0.05, 0) is 41.3 Å². The maximum absolute atomic E-state index is 14.4. The molecule has 0 amide bonds. The zero-order valence-electron chi connectivity index (χ0n) is 13.3. The first-order valence-electron chi connectivity index (χ1n) is 7.83. The Labute approximate surface area is 163 Å². The van der Waals surface area contributed by atoms with E-state index in [1.165, 1.54) is 12.1 Å². The van der Waals surface area contributed by atoms with Crippen molar-refractivity contribution in [2.45, 2.75) is 12.5 Å². The number of rotatable bonds is 3. The molecule has 7 heteroatoms. The molecule has 2 heterocycles. The molecule has 0 saturated carbocycles. The summed E-state index contributed by atoms with van der Waals surface area (Å²) >= 11 is 14.0. The first-order valence-corrected chi connectivity index (χ1v) is 9.47. The van der Waals surface area contributed by atoms with E-state index in [0.29, 0.717) is 16.5 Å². The highest BCUT2D eigenvalue weighted by Gasteiger charge is 2.33. The average Bonchev–Trinajstić information content (AvgIpc) is 3.24. The summed E-state index contributed by atoms with van der Waals surface area (Å²) in [6.45, 7) is 0. The van der Waals surface area contributed by atoms with Crippen LogP contribution in [0.2, 0.25) is 10.0 Å². The van der Waals surface area contributed by atoms with Gasteiger partial charge in [-0.1, -0.05) is 35.3 Å². The van der Waals surface area contributed by atoms with Crippen molar-refractivity contribution in [2.75, 3.05) is 5.01 Å². The third-order valence-corrected chi connectivity index (χ3v) is 5.68. The fourth-order valence-corrected chi connectivity index (χ4v) is 4.26. The van der Waals surface area contributed by atoms with E-state index >= 15 is 0 Å². The minimum absolute atomic E-state index is 0.203. The van der Waals surface area contributed by atoms with Crippen molar-refractivity contribution in [3.05, 3.63) is 86.0 Å². The summed E-state index contributed by atoms with van der Waals surface area (Å²) in [7, 11) is 0. The van der Waals surface area contributed by atoms with E-state index in [4.69, 9.17) is 23.2 Å². The van der Waals surface area contributed by atoms with Crippen molar-refractivity contribution >= 4 is 45.9 Å². The molecule has 0 spiro atoms. The second kappa shape index (κ2) is 6.99. The zero-order chi connectivity index (χ0) is 18.3. The molecule has 3 aromatic rings. The second-order valence-electron chi connectivity index (χ2n) is 5.85. The number of hydrogen-bond donors (Lipinski definition) is 0. The first-order chi connectivity index (χ1) is 12.5. The number of thiophene rings is 1. The monoisotopic (exact) mass is 408 g/mol. The lowest BCUT2D eigenvalue weighted by Gasteiger charge is -2.25. The molecular formula is C19H12Cl2F2N2S. The highest BCUT2D eigenvalue weighted by Crippen LogP contribution is 2.41. The van der Waals surface area contributed by atoms with Gasteiger partial charge in [0, 0.05) is 22.5 Å². The molecule has 132 valence electrons. The molecule has 2 aromatic carbocycles. The Morgan fingerprint density at radius 2 is 1.92 bits per heavy atom. The van der Waals surface area contributed by atoms with Crippen LogP contribution in [0.1, 0.15) is 22.9 Å². The van der Waals surface area contributed by atoms with Crippen LogP contribution in [-0.4, -0.2) is 5.71 Å². The van der Waals surface area contributed by atoms with E-state index in [-0.39, 0.29) is 11.7 Å². The number of nitrogens with zero attached hydrogens (tertiary/aromatic N) is 2. The van der Waals surface area contributed by atoms with E-state index < -0.39 is 11.6 Å². The van der Waals surface area contributed by atoms with Gasteiger partial charge in [0.2, 0.25) is 0 Å². The third-order valence-electron chi connectivity index (χ3n) is 4.19. The van der Waals surface area contributed by atoms with Crippen molar-refractivity contribution < 1.29 is 8.78 Å². The normalized spacial score (nSPS) is 16.8. The van der Waals surface area contributed by atoms with E-state index in [1.807, 2.05) is 23.6 Å². The minimum Gasteiger partial charge on any atom is -0.254 e. The minimum atomic E-state index is -0.670. The van der Waals surface area contributed by atoms with Gasteiger partial charge in [-0.25, -0.2) is 8.78 Å². The molecule has 2 nitrogen and oxygen atoms in total. The Kier molecular flexibility index (Phi) is 4.69. The lowest BCUT2D eigenvalue weighted by molar-refractivity contribution is 0.573. The maximum atomic E-state index is 14.4. The fraction of sp³-hybridized carbons (Fsp3) is 0.105. The molecular weight excluding hydrogens is 397 g/mol. The van der Waals surface area contributed by atoms with Crippen LogP contribution < -0.4 is 5.01 Å². The second-order valence-corrected chi connectivity index (χ2v) is 7.64. The Balaban J connectivity index is 1.81. The number of anilines is 1. The molecule has 0 radical (unpaired) electrons. The van der Waals surface area contributed by atoms with E-state index in [9.17, 15) is 8.78 Å². The Morgan fingerprint density at radius 3 is 2.62 bits per heavy atom. The lowest BCUT2D eigenvalue weighted by atomic mass is 10.0. The van der Waals surface area contributed by atoms with Crippen LogP contribution in [0.15, 0.2) is 59.0 Å². The fourth-order valence-electron chi connectivity index (χ4n) is 3.01. The van der Waals surface area contributed by atoms with Crippen molar-refractivity contribution in [3.63, 3.8) is 0 Å². The van der Waals surface area contributed by atoms with Crippen LogP contribution >= 0.6 is 34.5 Å². The smallest absolute Gasteiger partial charge is 0.151 e. The predicted octanol–water partition coefficient (Wildman–Crippen LogP) is 6.69. The van der Waals surface area contributed by atoms with Gasteiger partial charge in [0.25, 0.3) is 0 Å². The summed E-state index contributed by atoms with van der Waals surface area (Å²) in [4.78, 5) is 1.00. The quantitative estimate of drug-likeness (QED) is 0.471. The van der Waals surface area contributed by atoms with E-state index in [0.717, 1.165) is 22.2 Å². The van der Waals surface area contributed by atoms with Crippen LogP contribution in [0.4, 0.5) is 14.5 Å². The van der Waals surface area contributed by atoms with Gasteiger partial charge in [0.1, 0.15) is 5.82 Å². The first kappa shape index (κ1) is 17.5. The van der Waals surface area contributed by atoms with Crippen molar-refractivity contribution in [3.8, 4) is 0 Å². The molecule has 1 aliphatic heterocycles. The van der Waals surface area contributed by atoms with Gasteiger partial charge in [-0.3, -0.25) is 5.01 Å². The summed E-state index contributed by atoms with van der Waals surface area (Å²) < 4.78 is 27.8. The van der Waals surface area contributed by atoms with Crippen LogP contribution in [0.3, 0.4) is 0 Å². The van der Waals surface area contributed by atoms with Gasteiger partial charge in [-0.15, -0.1) is 11.3 Å². The molecule has 0 fully saturated rings. The highest BCUT2D eigenvalue weighted by molar-refractivity contribution is 7.12. The molecule has 0 unspecified atom stereocenters. The average molecular weight is 409 g/mol. The van der Waals surface area contributed by atoms with Gasteiger partial charge < -0.3 is 0 Å².